The molecule has 1 N–H and O–H groups in total. The minimum Gasteiger partial charge on any atom is -0.348 e. The lowest BCUT2D eigenvalue weighted by atomic mass is 9.79. The van der Waals surface area contributed by atoms with Gasteiger partial charge in [0.15, 0.2) is 0 Å². The summed E-state index contributed by atoms with van der Waals surface area (Å²) < 4.78 is 0. The molecule has 0 bridgehead atoms. The zero-order valence-electron chi connectivity index (χ0n) is 17.5. The molecule has 1 aliphatic rings. The second kappa shape index (κ2) is 8.47. The zero-order chi connectivity index (χ0) is 22.0. The number of hydrogen-bond acceptors (Lipinski definition) is 5. The first-order valence-corrected chi connectivity index (χ1v) is 11.0. The number of aromatic nitrogens is 2. The molecule has 160 valence electrons. The Kier molecular flexibility index (Phi) is 5.73. The first kappa shape index (κ1) is 21.0. The van der Waals surface area contributed by atoms with Gasteiger partial charge in [0.2, 0.25) is 5.91 Å². The van der Waals surface area contributed by atoms with Crippen molar-refractivity contribution in [3.05, 3.63) is 74.8 Å². The molecular formula is C23H24N4O3S. The normalized spacial score (nSPS) is 18.2. The second-order valence-electron chi connectivity index (χ2n) is 8.15. The van der Waals surface area contributed by atoms with Crippen molar-refractivity contribution < 1.29 is 9.59 Å². The van der Waals surface area contributed by atoms with Crippen molar-refractivity contribution >= 4 is 23.2 Å². The molecule has 0 saturated carbocycles. The lowest BCUT2D eigenvalue weighted by Gasteiger charge is -2.31. The van der Waals surface area contributed by atoms with Crippen LogP contribution in [0.2, 0.25) is 0 Å². The van der Waals surface area contributed by atoms with Crippen molar-refractivity contribution in [3.8, 4) is 11.1 Å². The number of aromatic amines is 1. The maximum absolute atomic E-state index is 13.2. The molecule has 7 nitrogen and oxygen atoms in total. The number of carbonyl (C=O) groups excluding carboxylic acids is 2. The fraction of sp³-hybridized carbons (Fsp3) is 0.304. The van der Waals surface area contributed by atoms with Gasteiger partial charge in [-0.25, -0.2) is 5.10 Å². The van der Waals surface area contributed by atoms with E-state index >= 15 is 0 Å². The Balaban J connectivity index is 1.56. The van der Waals surface area contributed by atoms with Crippen LogP contribution in [0.25, 0.3) is 11.1 Å². The molecule has 1 aliphatic heterocycles. The van der Waals surface area contributed by atoms with Gasteiger partial charge in [-0.2, -0.15) is 16.4 Å². The predicted octanol–water partition coefficient (Wildman–Crippen LogP) is 2.66. The van der Waals surface area contributed by atoms with Gasteiger partial charge >= 0.3 is 0 Å². The molecule has 2 aromatic heterocycles. The first-order chi connectivity index (χ1) is 14.9. The summed E-state index contributed by atoms with van der Waals surface area (Å²) in [5.41, 5.74) is 2.51. The van der Waals surface area contributed by atoms with Crippen molar-refractivity contribution in [2.24, 2.45) is 5.41 Å². The molecule has 0 unspecified atom stereocenters. The summed E-state index contributed by atoms with van der Waals surface area (Å²) in [6.07, 6.45) is 1.13. The van der Waals surface area contributed by atoms with Gasteiger partial charge in [0, 0.05) is 33.3 Å². The van der Waals surface area contributed by atoms with E-state index in [2.05, 4.69) is 51.3 Å². The number of nitrogens with one attached hydrogen (secondary N) is 1. The van der Waals surface area contributed by atoms with E-state index in [1.54, 1.807) is 35.2 Å². The summed E-state index contributed by atoms with van der Waals surface area (Å²) in [7, 11) is 3.50. The third-order valence-electron chi connectivity index (χ3n) is 5.75. The predicted molar refractivity (Wildman–Crippen MR) is 120 cm³/mol. The average molecular weight is 437 g/mol. The smallest absolute Gasteiger partial charge is 0.274 e. The Morgan fingerprint density at radius 2 is 1.90 bits per heavy atom. The Hall–Kier alpha value is -3.26. The van der Waals surface area contributed by atoms with Gasteiger partial charge < -0.3 is 9.80 Å². The largest absolute Gasteiger partial charge is 0.348 e. The lowest BCUT2D eigenvalue weighted by Crippen LogP contribution is -2.44. The van der Waals surface area contributed by atoms with Crippen LogP contribution in [0.5, 0.6) is 0 Å². The number of benzene rings is 1. The zero-order valence-corrected chi connectivity index (χ0v) is 18.3. The van der Waals surface area contributed by atoms with E-state index in [4.69, 9.17) is 0 Å². The molecule has 1 saturated heterocycles. The minimum absolute atomic E-state index is 0.0131. The van der Waals surface area contributed by atoms with Crippen LogP contribution in [0.4, 0.5) is 0 Å². The van der Waals surface area contributed by atoms with Gasteiger partial charge in [-0.05, 0) is 52.4 Å². The number of hydrogen-bond donors (Lipinski definition) is 1. The maximum Gasteiger partial charge on any atom is 0.274 e. The summed E-state index contributed by atoms with van der Waals surface area (Å²) in [4.78, 5) is 40.6. The second-order valence-corrected chi connectivity index (χ2v) is 8.93. The van der Waals surface area contributed by atoms with E-state index in [-0.39, 0.29) is 23.1 Å². The number of nitrogens with zero attached hydrogens (tertiary/aromatic N) is 3. The summed E-state index contributed by atoms with van der Waals surface area (Å²) in [5, 5.41) is 10.3. The van der Waals surface area contributed by atoms with Gasteiger partial charge in [-0.3, -0.25) is 14.4 Å². The summed E-state index contributed by atoms with van der Waals surface area (Å²) in [6.45, 7) is 0.780. The van der Waals surface area contributed by atoms with Crippen LogP contribution in [-0.4, -0.2) is 59.0 Å². The van der Waals surface area contributed by atoms with Crippen LogP contribution in [0.3, 0.4) is 0 Å². The van der Waals surface area contributed by atoms with Gasteiger partial charge in [0.25, 0.3) is 11.5 Å². The topological polar surface area (TPSA) is 86.4 Å². The molecule has 31 heavy (non-hydrogen) atoms. The molecular weight excluding hydrogens is 412 g/mol. The highest BCUT2D eigenvalue weighted by Crippen LogP contribution is 2.37. The number of likely N-dealkylation sites (tertiary alicyclic amines) is 1. The van der Waals surface area contributed by atoms with E-state index < -0.39 is 5.41 Å². The van der Waals surface area contributed by atoms with Crippen molar-refractivity contribution in [1.82, 2.24) is 20.0 Å². The highest BCUT2D eigenvalue weighted by molar-refractivity contribution is 7.08. The first-order valence-electron chi connectivity index (χ1n) is 10.1. The van der Waals surface area contributed by atoms with Crippen LogP contribution < -0.4 is 5.56 Å². The number of rotatable bonds is 5. The standard InChI is InChI=1S/C23H24N4O3S/c1-26(2)22(30)23(13-16-3-5-17(6-4-16)18-9-12-31-14-18)10-11-27(15-23)21(29)19-7-8-20(28)25-24-19/h3-9,12,14H,10-11,13,15H2,1-2H3,(H,25,28)/t23-/m1/s1. The molecule has 0 spiro atoms. The van der Waals surface area contributed by atoms with E-state index in [0.29, 0.717) is 25.9 Å². The van der Waals surface area contributed by atoms with Crippen molar-refractivity contribution in [2.75, 3.05) is 27.2 Å². The molecule has 1 aromatic carbocycles. The molecule has 1 fully saturated rings. The van der Waals surface area contributed by atoms with Crippen LogP contribution in [0.1, 0.15) is 22.5 Å². The Morgan fingerprint density at radius 1 is 1.13 bits per heavy atom. The Labute approximate surface area is 184 Å². The Morgan fingerprint density at radius 3 is 2.52 bits per heavy atom. The minimum atomic E-state index is -0.689. The highest BCUT2D eigenvalue weighted by Gasteiger charge is 2.47. The van der Waals surface area contributed by atoms with Crippen LogP contribution in [0, 0.1) is 5.41 Å². The third-order valence-corrected chi connectivity index (χ3v) is 6.43. The van der Waals surface area contributed by atoms with E-state index in [1.807, 2.05) is 0 Å². The number of H-pyrrole nitrogens is 1. The van der Waals surface area contributed by atoms with Crippen molar-refractivity contribution in [1.29, 1.82) is 0 Å². The van der Waals surface area contributed by atoms with E-state index in [9.17, 15) is 14.4 Å². The third kappa shape index (κ3) is 4.29. The average Bonchev–Trinajstić information content (AvgIpc) is 3.45. The molecule has 3 heterocycles. The summed E-state index contributed by atoms with van der Waals surface area (Å²) in [6, 6.07) is 13.1. The monoisotopic (exact) mass is 436 g/mol. The summed E-state index contributed by atoms with van der Waals surface area (Å²) >= 11 is 1.66. The van der Waals surface area contributed by atoms with E-state index in [0.717, 1.165) is 11.1 Å². The van der Waals surface area contributed by atoms with Gasteiger partial charge in [-0.15, -0.1) is 0 Å². The van der Waals surface area contributed by atoms with Crippen LogP contribution >= 0.6 is 11.3 Å². The highest BCUT2D eigenvalue weighted by atomic mass is 32.1. The van der Waals surface area contributed by atoms with Gasteiger partial charge in [0.05, 0.1) is 5.41 Å². The fourth-order valence-electron chi connectivity index (χ4n) is 4.17. The van der Waals surface area contributed by atoms with Crippen molar-refractivity contribution in [3.63, 3.8) is 0 Å². The molecule has 4 rings (SSSR count). The fourth-order valence-corrected chi connectivity index (χ4v) is 4.84. The summed E-state index contributed by atoms with van der Waals surface area (Å²) in [5.74, 6) is -0.267. The number of amides is 2. The SMILES string of the molecule is CN(C)C(=O)[C@@]1(Cc2ccc(-c3ccsc3)cc2)CCN(C(=O)c2ccc(=O)[nH]n2)C1. The Bertz CT molecular complexity index is 1120. The molecule has 2 amide bonds. The maximum atomic E-state index is 13.2. The molecule has 3 aromatic rings. The molecule has 0 aliphatic carbocycles. The quantitative estimate of drug-likeness (QED) is 0.666. The molecule has 0 radical (unpaired) electrons. The molecule has 8 heteroatoms. The van der Waals surface area contributed by atoms with Gasteiger partial charge in [-0.1, -0.05) is 24.3 Å². The van der Waals surface area contributed by atoms with Crippen LogP contribution in [-0.2, 0) is 11.2 Å². The van der Waals surface area contributed by atoms with Gasteiger partial charge in [0.1, 0.15) is 5.69 Å². The van der Waals surface area contributed by atoms with Crippen LogP contribution in [0.15, 0.2) is 58.0 Å². The van der Waals surface area contributed by atoms with E-state index in [1.165, 1.54) is 17.7 Å². The van der Waals surface area contributed by atoms with Crippen molar-refractivity contribution in [2.45, 2.75) is 12.8 Å². The lowest BCUT2D eigenvalue weighted by molar-refractivity contribution is -0.138. The molecule has 1 atom stereocenters. The number of thiophene rings is 1. The number of carbonyl (C=O) groups is 2.